The second-order valence-electron chi connectivity index (χ2n) is 7.26. The third kappa shape index (κ3) is 3.34. The van der Waals surface area contributed by atoms with Crippen LogP contribution < -0.4 is 9.64 Å². The van der Waals surface area contributed by atoms with Crippen molar-refractivity contribution in [2.24, 2.45) is 0 Å². The summed E-state index contributed by atoms with van der Waals surface area (Å²) in [6.07, 6.45) is 0.474. The van der Waals surface area contributed by atoms with Crippen molar-refractivity contribution in [3.05, 3.63) is 65.2 Å². The number of aliphatic hydroxyl groups is 1. The van der Waals surface area contributed by atoms with Crippen LogP contribution in [0, 0.1) is 6.92 Å². The number of anilines is 1. The van der Waals surface area contributed by atoms with E-state index in [-0.39, 0.29) is 23.7 Å². The van der Waals surface area contributed by atoms with Crippen LogP contribution in [-0.2, 0) is 5.60 Å². The summed E-state index contributed by atoms with van der Waals surface area (Å²) in [6.45, 7) is 2.67. The molecule has 0 bridgehead atoms. The van der Waals surface area contributed by atoms with E-state index in [1.807, 2.05) is 31.2 Å². The fraction of sp³-hybridized carbons (Fsp3) is 0.273. The van der Waals surface area contributed by atoms with Gasteiger partial charge >= 0.3 is 5.97 Å². The van der Waals surface area contributed by atoms with Gasteiger partial charge in [-0.2, -0.15) is 0 Å². The minimum absolute atomic E-state index is 0.01000. The van der Waals surface area contributed by atoms with Crippen molar-refractivity contribution in [1.82, 2.24) is 5.16 Å². The van der Waals surface area contributed by atoms with Crippen LogP contribution in [0.5, 0.6) is 5.75 Å². The van der Waals surface area contributed by atoms with Crippen LogP contribution in [0.25, 0.3) is 11.3 Å². The third-order valence-corrected chi connectivity index (χ3v) is 5.43. The van der Waals surface area contributed by atoms with Gasteiger partial charge in [0, 0.05) is 12.1 Å². The van der Waals surface area contributed by atoms with E-state index in [1.54, 1.807) is 36.3 Å². The van der Waals surface area contributed by atoms with E-state index in [4.69, 9.17) is 9.26 Å². The fourth-order valence-electron chi connectivity index (χ4n) is 3.92. The monoisotopic (exact) mass is 394 g/mol. The van der Waals surface area contributed by atoms with Gasteiger partial charge in [-0.3, -0.25) is 0 Å². The third-order valence-electron chi connectivity index (χ3n) is 5.43. The average molecular weight is 394 g/mol. The van der Waals surface area contributed by atoms with Crippen molar-refractivity contribution in [2.75, 3.05) is 25.1 Å². The molecule has 4 rings (SSSR count). The maximum absolute atomic E-state index is 12.0. The molecule has 150 valence electrons. The first-order valence-electron chi connectivity index (χ1n) is 9.34. The van der Waals surface area contributed by atoms with Crippen LogP contribution in [0.15, 0.2) is 53.1 Å². The minimum atomic E-state index is -1.13. The summed E-state index contributed by atoms with van der Waals surface area (Å²) in [5.41, 5.74) is 1.35. The Balaban J connectivity index is 1.68. The Morgan fingerprint density at radius 1 is 1.21 bits per heavy atom. The highest BCUT2D eigenvalue weighted by Crippen LogP contribution is 2.39. The number of aromatic carboxylic acids is 1. The van der Waals surface area contributed by atoms with Gasteiger partial charge in [-0.05, 0) is 48.7 Å². The molecule has 1 atom stereocenters. The Morgan fingerprint density at radius 2 is 1.93 bits per heavy atom. The first-order valence-corrected chi connectivity index (χ1v) is 9.34. The SMILES string of the molecule is COc1ccc(-c2onc(N3CCC(O)(c4ccccc4C)C3)c2C(=O)O)cc1. The highest BCUT2D eigenvalue weighted by Gasteiger charge is 2.41. The zero-order valence-electron chi connectivity index (χ0n) is 16.3. The van der Waals surface area contributed by atoms with E-state index in [2.05, 4.69) is 5.16 Å². The van der Waals surface area contributed by atoms with Crippen LogP contribution in [-0.4, -0.2) is 41.5 Å². The number of methoxy groups -OCH3 is 1. The number of carboxylic acid groups (broad SMARTS) is 1. The summed E-state index contributed by atoms with van der Waals surface area (Å²) in [7, 11) is 1.56. The second-order valence-corrected chi connectivity index (χ2v) is 7.26. The van der Waals surface area contributed by atoms with E-state index in [0.717, 1.165) is 11.1 Å². The van der Waals surface area contributed by atoms with Gasteiger partial charge in [0.1, 0.15) is 11.4 Å². The van der Waals surface area contributed by atoms with Crippen molar-refractivity contribution in [2.45, 2.75) is 18.9 Å². The van der Waals surface area contributed by atoms with Crippen molar-refractivity contribution in [3.8, 4) is 17.1 Å². The molecule has 2 N–H and O–H groups in total. The van der Waals surface area contributed by atoms with Gasteiger partial charge in [0.15, 0.2) is 17.1 Å². The standard InChI is InChI=1S/C22H22N2O5/c1-14-5-3-4-6-17(14)22(27)11-12-24(13-22)20-18(21(25)26)19(29-23-20)15-7-9-16(28-2)10-8-15/h3-10,27H,11-13H2,1-2H3,(H,25,26). The molecule has 0 saturated carbocycles. The minimum Gasteiger partial charge on any atom is -0.497 e. The van der Waals surface area contributed by atoms with E-state index in [9.17, 15) is 15.0 Å². The zero-order chi connectivity index (χ0) is 20.6. The lowest BCUT2D eigenvalue weighted by Gasteiger charge is -2.25. The number of hydrogen-bond acceptors (Lipinski definition) is 6. The molecule has 1 aliphatic heterocycles. The number of aromatic nitrogens is 1. The summed E-state index contributed by atoms with van der Waals surface area (Å²) in [5, 5.41) is 25.1. The van der Waals surface area contributed by atoms with Crippen LogP contribution in [0.3, 0.4) is 0 Å². The molecule has 1 saturated heterocycles. The fourth-order valence-corrected chi connectivity index (χ4v) is 3.92. The van der Waals surface area contributed by atoms with E-state index >= 15 is 0 Å². The Hall–Kier alpha value is -3.32. The second kappa shape index (κ2) is 7.25. The molecule has 7 heteroatoms. The van der Waals surface area contributed by atoms with Gasteiger partial charge in [0.05, 0.1) is 13.7 Å². The smallest absolute Gasteiger partial charge is 0.343 e. The molecular formula is C22H22N2O5. The van der Waals surface area contributed by atoms with Crippen LogP contribution in [0.1, 0.15) is 27.9 Å². The van der Waals surface area contributed by atoms with E-state index in [0.29, 0.717) is 24.3 Å². The molecule has 29 heavy (non-hydrogen) atoms. The van der Waals surface area contributed by atoms with Crippen molar-refractivity contribution >= 4 is 11.8 Å². The first-order chi connectivity index (χ1) is 13.9. The normalized spacial score (nSPS) is 18.8. The molecule has 1 aromatic heterocycles. The molecule has 1 fully saturated rings. The number of aryl methyl sites for hydroxylation is 1. The molecule has 0 aliphatic carbocycles. The predicted octanol–water partition coefficient (Wildman–Crippen LogP) is 3.45. The lowest BCUT2D eigenvalue weighted by molar-refractivity contribution is 0.0597. The molecule has 1 unspecified atom stereocenters. The maximum Gasteiger partial charge on any atom is 0.343 e. The summed E-state index contributed by atoms with van der Waals surface area (Å²) in [5.74, 6) is -0.0547. The maximum atomic E-state index is 12.0. The van der Waals surface area contributed by atoms with Gasteiger partial charge in [0.2, 0.25) is 0 Å². The number of ether oxygens (including phenoxy) is 1. The Morgan fingerprint density at radius 3 is 2.59 bits per heavy atom. The summed E-state index contributed by atoms with van der Waals surface area (Å²) < 4.78 is 10.6. The summed E-state index contributed by atoms with van der Waals surface area (Å²) >= 11 is 0. The lowest BCUT2D eigenvalue weighted by atomic mass is 9.89. The predicted molar refractivity (Wildman–Crippen MR) is 107 cm³/mol. The topological polar surface area (TPSA) is 96.0 Å². The lowest BCUT2D eigenvalue weighted by Crippen LogP contribution is -2.32. The number of carbonyl (C=O) groups is 1. The van der Waals surface area contributed by atoms with Crippen LogP contribution in [0.4, 0.5) is 5.82 Å². The Bertz CT molecular complexity index is 1040. The van der Waals surface area contributed by atoms with Gasteiger partial charge in [0.25, 0.3) is 0 Å². The van der Waals surface area contributed by atoms with Gasteiger partial charge < -0.3 is 24.4 Å². The summed E-state index contributed by atoms with van der Waals surface area (Å²) in [4.78, 5) is 13.8. The molecule has 2 heterocycles. The van der Waals surface area contributed by atoms with Crippen molar-refractivity contribution in [3.63, 3.8) is 0 Å². The number of nitrogens with zero attached hydrogens (tertiary/aromatic N) is 2. The number of β-amino-alcohol motifs (C(OH)–C–C–N with tert-alkyl or cyclic N) is 1. The highest BCUT2D eigenvalue weighted by molar-refractivity contribution is 5.99. The van der Waals surface area contributed by atoms with Gasteiger partial charge in [-0.15, -0.1) is 0 Å². The number of benzene rings is 2. The average Bonchev–Trinajstić information content (AvgIpc) is 3.33. The number of rotatable bonds is 5. The van der Waals surface area contributed by atoms with E-state index < -0.39 is 11.6 Å². The first kappa shape index (κ1) is 19.0. The van der Waals surface area contributed by atoms with E-state index in [1.165, 1.54) is 0 Å². The van der Waals surface area contributed by atoms with Crippen molar-refractivity contribution < 1.29 is 24.3 Å². The van der Waals surface area contributed by atoms with Crippen molar-refractivity contribution in [1.29, 1.82) is 0 Å². The largest absolute Gasteiger partial charge is 0.497 e. The summed E-state index contributed by atoms with van der Waals surface area (Å²) in [6, 6.07) is 14.6. The molecule has 0 radical (unpaired) electrons. The Kier molecular flexibility index (Phi) is 4.76. The molecule has 3 aromatic rings. The van der Waals surface area contributed by atoms with Gasteiger partial charge in [-0.1, -0.05) is 29.4 Å². The molecular weight excluding hydrogens is 372 g/mol. The molecule has 2 aromatic carbocycles. The number of hydrogen-bond donors (Lipinski definition) is 2. The molecule has 1 aliphatic rings. The molecule has 0 spiro atoms. The van der Waals surface area contributed by atoms with Gasteiger partial charge in [-0.25, -0.2) is 4.79 Å². The molecule has 0 amide bonds. The van der Waals surface area contributed by atoms with Crippen LogP contribution >= 0.6 is 0 Å². The number of carboxylic acids is 1. The zero-order valence-corrected chi connectivity index (χ0v) is 16.3. The quantitative estimate of drug-likeness (QED) is 0.684. The highest BCUT2D eigenvalue weighted by atomic mass is 16.5. The van der Waals surface area contributed by atoms with Crippen LogP contribution in [0.2, 0.25) is 0 Å². The molecule has 7 nitrogen and oxygen atoms in total. The Labute approximate surface area is 168 Å².